The van der Waals surface area contributed by atoms with E-state index in [2.05, 4.69) is 15.6 Å². The van der Waals surface area contributed by atoms with E-state index >= 15 is 0 Å². The maximum Gasteiger partial charge on any atom is 0.246 e. The number of carbonyl (C=O) groups excluding carboxylic acids is 1. The highest BCUT2D eigenvalue weighted by atomic mass is 35.5. The van der Waals surface area contributed by atoms with E-state index in [1.165, 1.54) is 18.9 Å². The van der Waals surface area contributed by atoms with Crippen LogP contribution in [-0.4, -0.2) is 35.1 Å². The topological polar surface area (TPSA) is 78.3 Å². The number of amides is 1. The number of methoxy groups -OCH3 is 2. The summed E-state index contributed by atoms with van der Waals surface area (Å²) < 4.78 is 11.9. The van der Waals surface area contributed by atoms with Gasteiger partial charge in [-0.25, -0.2) is 4.68 Å². The Balaban J connectivity index is 1.80. The summed E-state index contributed by atoms with van der Waals surface area (Å²) in [5.74, 6) is 0.576. The van der Waals surface area contributed by atoms with Gasteiger partial charge in [0.25, 0.3) is 0 Å². The minimum absolute atomic E-state index is 0.0355. The van der Waals surface area contributed by atoms with Crippen molar-refractivity contribution < 1.29 is 14.3 Å². The van der Waals surface area contributed by atoms with Crippen molar-refractivity contribution in [1.82, 2.24) is 15.0 Å². The van der Waals surface area contributed by atoms with Crippen molar-refractivity contribution in [3.8, 4) is 11.5 Å². The number of para-hydroxylation sites is 1. The molecule has 1 N–H and O–H groups in total. The number of aromatic nitrogens is 3. The summed E-state index contributed by atoms with van der Waals surface area (Å²) in [6, 6.07) is 10.7. The second kappa shape index (κ2) is 6.76. The molecular weight excluding hydrogens is 332 g/mol. The Bertz CT molecular complexity index is 869. The molecule has 3 aromatic rings. The number of rotatable bonds is 5. The zero-order valence-corrected chi connectivity index (χ0v) is 13.9. The van der Waals surface area contributed by atoms with E-state index in [1.807, 2.05) is 24.3 Å². The van der Waals surface area contributed by atoms with Crippen molar-refractivity contribution in [3.05, 3.63) is 41.4 Å². The fraction of sp³-hybridized carbons (Fsp3) is 0.188. The lowest BCUT2D eigenvalue weighted by molar-refractivity contribution is -0.116. The molecule has 8 heteroatoms. The lowest BCUT2D eigenvalue weighted by Gasteiger charge is -2.12. The van der Waals surface area contributed by atoms with Crippen LogP contribution in [0.15, 0.2) is 36.4 Å². The van der Waals surface area contributed by atoms with Crippen LogP contribution in [0, 0.1) is 0 Å². The molecule has 1 heterocycles. The van der Waals surface area contributed by atoms with Gasteiger partial charge in [0, 0.05) is 17.8 Å². The van der Waals surface area contributed by atoms with Crippen LogP contribution in [0.1, 0.15) is 0 Å². The maximum absolute atomic E-state index is 12.3. The quantitative estimate of drug-likeness (QED) is 0.768. The molecular formula is C16H15ClN4O3. The average molecular weight is 347 g/mol. The molecule has 0 radical (unpaired) electrons. The predicted octanol–water partition coefficient (Wildman–Crippen LogP) is 2.74. The number of nitrogens with zero attached hydrogens (tertiary/aromatic N) is 3. The lowest BCUT2D eigenvalue weighted by atomic mass is 10.2. The van der Waals surface area contributed by atoms with Crippen LogP contribution in [0.5, 0.6) is 11.5 Å². The van der Waals surface area contributed by atoms with Gasteiger partial charge < -0.3 is 14.8 Å². The van der Waals surface area contributed by atoms with Gasteiger partial charge in [-0.15, -0.1) is 5.10 Å². The molecule has 0 atom stereocenters. The van der Waals surface area contributed by atoms with E-state index in [1.54, 1.807) is 12.1 Å². The normalized spacial score (nSPS) is 10.6. The van der Waals surface area contributed by atoms with E-state index in [0.717, 1.165) is 11.0 Å². The summed E-state index contributed by atoms with van der Waals surface area (Å²) in [5, 5.41) is 11.1. The molecule has 0 saturated carbocycles. The molecule has 3 rings (SSSR count). The number of hydrogen-bond donors (Lipinski definition) is 1. The molecule has 2 aromatic carbocycles. The number of benzene rings is 2. The summed E-state index contributed by atoms with van der Waals surface area (Å²) >= 11 is 6.11. The Morgan fingerprint density at radius 2 is 1.88 bits per heavy atom. The van der Waals surface area contributed by atoms with E-state index in [0.29, 0.717) is 22.2 Å². The van der Waals surface area contributed by atoms with Crippen molar-refractivity contribution in [2.24, 2.45) is 0 Å². The van der Waals surface area contributed by atoms with Crippen molar-refractivity contribution in [2.75, 3.05) is 19.5 Å². The van der Waals surface area contributed by atoms with E-state index in [9.17, 15) is 4.79 Å². The zero-order chi connectivity index (χ0) is 17.1. The molecule has 1 aromatic heterocycles. The van der Waals surface area contributed by atoms with E-state index in [-0.39, 0.29) is 12.5 Å². The highest BCUT2D eigenvalue weighted by Crippen LogP contribution is 2.37. The number of carbonyl (C=O) groups is 1. The van der Waals surface area contributed by atoms with Crippen LogP contribution in [-0.2, 0) is 11.3 Å². The third kappa shape index (κ3) is 3.11. The highest BCUT2D eigenvalue weighted by Gasteiger charge is 2.13. The summed E-state index contributed by atoms with van der Waals surface area (Å²) in [6.07, 6.45) is 0. The third-order valence-electron chi connectivity index (χ3n) is 3.44. The summed E-state index contributed by atoms with van der Waals surface area (Å²) in [6.45, 7) is 0.0355. The molecule has 0 spiro atoms. The smallest absolute Gasteiger partial charge is 0.246 e. The van der Waals surface area contributed by atoms with Crippen molar-refractivity contribution >= 4 is 34.2 Å². The van der Waals surface area contributed by atoms with Crippen molar-refractivity contribution in [1.29, 1.82) is 0 Å². The number of nitrogens with one attached hydrogen (secondary N) is 1. The first-order valence-electron chi connectivity index (χ1n) is 7.12. The summed E-state index contributed by atoms with van der Waals surface area (Å²) in [5.41, 5.74) is 2.04. The standard InChI is InChI=1S/C16H15ClN4O3/c1-23-13-7-10(8-14(24-2)16(13)17)18-15(22)9-21-12-6-4-3-5-11(12)19-20-21/h3-8H,9H2,1-2H3,(H,18,22). The van der Waals surface area contributed by atoms with Crippen LogP contribution >= 0.6 is 11.6 Å². The Kier molecular flexibility index (Phi) is 4.52. The third-order valence-corrected chi connectivity index (χ3v) is 3.82. The molecule has 0 aliphatic carbocycles. The predicted molar refractivity (Wildman–Crippen MR) is 90.7 cm³/mol. The maximum atomic E-state index is 12.3. The molecule has 124 valence electrons. The fourth-order valence-electron chi connectivity index (χ4n) is 2.31. The second-order valence-electron chi connectivity index (χ2n) is 4.98. The molecule has 0 fully saturated rings. The number of ether oxygens (including phenoxy) is 2. The fourth-order valence-corrected chi connectivity index (χ4v) is 2.58. The summed E-state index contributed by atoms with van der Waals surface area (Å²) in [7, 11) is 2.99. The molecule has 7 nitrogen and oxygen atoms in total. The van der Waals surface area contributed by atoms with Crippen molar-refractivity contribution in [2.45, 2.75) is 6.54 Å². The largest absolute Gasteiger partial charge is 0.495 e. The Morgan fingerprint density at radius 1 is 1.21 bits per heavy atom. The van der Waals surface area contributed by atoms with Crippen LogP contribution in [0.3, 0.4) is 0 Å². The van der Waals surface area contributed by atoms with Gasteiger partial charge in [0.05, 0.1) is 19.7 Å². The molecule has 0 unspecified atom stereocenters. The number of fused-ring (bicyclic) bond motifs is 1. The van der Waals surface area contributed by atoms with E-state index < -0.39 is 0 Å². The monoisotopic (exact) mass is 346 g/mol. The average Bonchev–Trinajstić information content (AvgIpc) is 2.99. The SMILES string of the molecule is COc1cc(NC(=O)Cn2nnc3ccccc32)cc(OC)c1Cl. The number of anilines is 1. The van der Waals surface area contributed by atoms with Gasteiger partial charge in [0.1, 0.15) is 28.6 Å². The Morgan fingerprint density at radius 3 is 2.54 bits per heavy atom. The van der Waals surface area contributed by atoms with Crippen LogP contribution < -0.4 is 14.8 Å². The highest BCUT2D eigenvalue weighted by molar-refractivity contribution is 6.33. The van der Waals surface area contributed by atoms with Crippen LogP contribution in [0.25, 0.3) is 11.0 Å². The van der Waals surface area contributed by atoms with Gasteiger partial charge in [-0.2, -0.15) is 0 Å². The van der Waals surface area contributed by atoms with Crippen LogP contribution in [0.2, 0.25) is 5.02 Å². The molecule has 0 aliphatic rings. The Labute approximate surface area is 143 Å². The minimum atomic E-state index is -0.253. The first kappa shape index (κ1) is 16.1. The van der Waals surface area contributed by atoms with Crippen LogP contribution in [0.4, 0.5) is 5.69 Å². The van der Waals surface area contributed by atoms with E-state index in [4.69, 9.17) is 21.1 Å². The minimum Gasteiger partial charge on any atom is -0.495 e. The first-order chi connectivity index (χ1) is 11.6. The first-order valence-corrected chi connectivity index (χ1v) is 7.49. The summed E-state index contributed by atoms with van der Waals surface area (Å²) in [4.78, 5) is 12.3. The number of halogens is 1. The van der Waals surface area contributed by atoms with Gasteiger partial charge in [0.2, 0.25) is 5.91 Å². The van der Waals surface area contributed by atoms with Gasteiger partial charge in [-0.1, -0.05) is 28.9 Å². The zero-order valence-electron chi connectivity index (χ0n) is 13.1. The molecule has 0 bridgehead atoms. The molecule has 1 amide bonds. The van der Waals surface area contributed by atoms with Gasteiger partial charge in [0.15, 0.2) is 0 Å². The second-order valence-corrected chi connectivity index (χ2v) is 5.36. The van der Waals surface area contributed by atoms with Gasteiger partial charge in [-0.05, 0) is 12.1 Å². The molecule has 0 saturated heterocycles. The number of hydrogen-bond acceptors (Lipinski definition) is 5. The Hall–Kier alpha value is -2.80. The van der Waals surface area contributed by atoms with Crippen molar-refractivity contribution in [3.63, 3.8) is 0 Å². The molecule has 0 aliphatic heterocycles. The van der Waals surface area contributed by atoms with Gasteiger partial charge >= 0.3 is 0 Å². The lowest BCUT2D eigenvalue weighted by Crippen LogP contribution is -2.19. The molecule has 24 heavy (non-hydrogen) atoms. The van der Waals surface area contributed by atoms with Gasteiger partial charge in [-0.3, -0.25) is 4.79 Å².